The molecule has 1 fully saturated rings. The highest BCUT2D eigenvalue weighted by atomic mass is 32.1. The normalized spacial score (nSPS) is 19.7. The quantitative estimate of drug-likeness (QED) is 0.114. The van der Waals surface area contributed by atoms with Gasteiger partial charge in [-0.3, -0.25) is 28.9 Å². The summed E-state index contributed by atoms with van der Waals surface area (Å²) in [4.78, 5) is 74.0. The average Bonchev–Trinajstić information content (AvgIpc) is 3.60. The Bertz CT molecular complexity index is 1550. The summed E-state index contributed by atoms with van der Waals surface area (Å²) in [5.41, 5.74) is 7.45. The van der Waals surface area contributed by atoms with Gasteiger partial charge >= 0.3 is 11.9 Å². The summed E-state index contributed by atoms with van der Waals surface area (Å²) in [7, 11) is 3.74. The van der Waals surface area contributed by atoms with Crippen LogP contribution in [0.25, 0.3) is 0 Å². The number of hydrogen-bond donors (Lipinski definition) is 3. The fourth-order valence-corrected chi connectivity index (χ4v) is 8.02. The van der Waals surface area contributed by atoms with Crippen molar-refractivity contribution in [3.63, 3.8) is 0 Å². The molecule has 0 unspecified atom stereocenters. The smallest absolute Gasteiger partial charge is 0.306 e. The number of ketones is 1. The van der Waals surface area contributed by atoms with E-state index in [0.717, 1.165) is 31.4 Å². The van der Waals surface area contributed by atoms with Gasteiger partial charge in [0.05, 0.1) is 12.0 Å². The van der Waals surface area contributed by atoms with Crippen molar-refractivity contribution in [2.24, 2.45) is 29.6 Å². The van der Waals surface area contributed by atoms with Crippen LogP contribution >= 0.6 is 11.3 Å². The van der Waals surface area contributed by atoms with Crippen LogP contribution in [0.1, 0.15) is 114 Å². The van der Waals surface area contributed by atoms with Crippen LogP contribution in [0.3, 0.4) is 0 Å². The summed E-state index contributed by atoms with van der Waals surface area (Å²) in [6.07, 6.45) is 2.78. The maximum atomic E-state index is 14.3. The summed E-state index contributed by atoms with van der Waals surface area (Å²) < 4.78 is 5.79. The lowest BCUT2D eigenvalue weighted by molar-refractivity contribution is -0.149. The number of ether oxygens (including phenoxy) is 1. The maximum absolute atomic E-state index is 14.3. The van der Waals surface area contributed by atoms with Crippen LogP contribution in [-0.2, 0) is 30.3 Å². The van der Waals surface area contributed by atoms with Crippen LogP contribution in [0.4, 0.5) is 5.69 Å². The first-order valence-electron chi connectivity index (χ1n) is 18.9. The molecule has 12 nitrogen and oxygen atoms in total. The molecule has 2 aromatic rings. The molecule has 3 rings (SSSR count). The maximum Gasteiger partial charge on any atom is 0.306 e. The van der Waals surface area contributed by atoms with E-state index in [1.807, 2.05) is 46.9 Å². The van der Waals surface area contributed by atoms with Crippen molar-refractivity contribution in [2.75, 3.05) is 26.4 Å². The van der Waals surface area contributed by atoms with Crippen LogP contribution in [0.5, 0.6) is 0 Å². The lowest BCUT2D eigenvalue weighted by Crippen LogP contribution is -2.48. The number of benzene rings is 1. The fourth-order valence-electron chi connectivity index (χ4n) is 7.18. The molecule has 53 heavy (non-hydrogen) atoms. The minimum absolute atomic E-state index is 0.0142. The van der Waals surface area contributed by atoms with Crippen LogP contribution < -0.4 is 11.1 Å². The number of nitrogen functional groups attached to an aromatic ring is 1. The van der Waals surface area contributed by atoms with Gasteiger partial charge in [0.15, 0.2) is 11.9 Å². The molecule has 0 bridgehead atoms. The van der Waals surface area contributed by atoms with Gasteiger partial charge in [0.2, 0.25) is 5.91 Å². The number of carbonyl (C=O) groups excluding carboxylic acids is 4. The van der Waals surface area contributed by atoms with E-state index < -0.39 is 41.8 Å². The molecule has 1 saturated heterocycles. The number of carboxylic acid groups (broad SMARTS) is 1. The number of likely N-dealkylation sites (N-methyl/N-ethyl adjacent to an activating group) is 1. The molecule has 0 saturated carbocycles. The van der Waals surface area contributed by atoms with Gasteiger partial charge in [0.1, 0.15) is 10.7 Å². The highest BCUT2D eigenvalue weighted by Crippen LogP contribution is 2.33. The number of carbonyl (C=O) groups is 5. The number of piperidine rings is 1. The minimum atomic E-state index is -0.960. The molecule has 0 spiro atoms. The third-order valence-electron chi connectivity index (χ3n) is 10.8. The Morgan fingerprint density at radius 2 is 1.77 bits per heavy atom. The number of nitrogens with one attached hydrogen (secondary N) is 1. The van der Waals surface area contributed by atoms with Gasteiger partial charge in [-0.15, -0.1) is 11.3 Å². The number of amides is 2. The van der Waals surface area contributed by atoms with Crippen molar-refractivity contribution in [2.45, 2.75) is 118 Å². The van der Waals surface area contributed by atoms with Crippen molar-refractivity contribution < 1.29 is 33.8 Å². The largest absolute Gasteiger partial charge is 0.481 e. The van der Waals surface area contributed by atoms with E-state index in [1.165, 1.54) is 18.3 Å². The molecule has 8 atom stereocenters. The molecule has 1 aliphatic heterocycles. The number of Topliss-reactive ketones (excluding diaryl/α,β-unsaturated/α-hetero) is 1. The van der Waals surface area contributed by atoms with E-state index in [2.05, 4.69) is 22.1 Å². The highest BCUT2D eigenvalue weighted by Gasteiger charge is 2.38. The van der Waals surface area contributed by atoms with Gasteiger partial charge in [-0.1, -0.05) is 60.1 Å². The minimum Gasteiger partial charge on any atom is -0.481 e. The standard InChI is InChI=1S/C40H61N5O7S/c1-10-25(5)31(20-35(47)34-17-24(4)15-16-44(34)8)39(49)45(9)33(23(2)3)21-36(52-27(7)46)38-43-32(22-53-38)37(48)42-30(18-26(6)40(50)51)19-28-11-13-29(41)14-12-28/h11-14,22-26,30-31,33-34,36H,10,15-21,41H2,1-9H3,(H,42,48)(H,50,51)/t24-,25+,26+,30-,31+,33-,34-,36-/m1/s1. The van der Waals surface area contributed by atoms with Gasteiger partial charge in [-0.25, -0.2) is 4.98 Å². The predicted molar refractivity (Wildman–Crippen MR) is 207 cm³/mol. The third-order valence-corrected chi connectivity index (χ3v) is 11.8. The number of aliphatic carboxylic acids is 1. The molecule has 2 amide bonds. The van der Waals surface area contributed by atoms with Gasteiger partial charge in [0.25, 0.3) is 5.91 Å². The van der Waals surface area contributed by atoms with E-state index in [0.29, 0.717) is 23.0 Å². The number of rotatable bonds is 19. The van der Waals surface area contributed by atoms with Crippen molar-refractivity contribution in [3.05, 3.63) is 45.9 Å². The predicted octanol–water partition coefficient (Wildman–Crippen LogP) is 6.01. The molecule has 4 N–H and O–H groups in total. The zero-order chi connectivity index (χ0) is 39.6. The number of thiazole rings is 1. The Labute approximate surface area is 319 Å². The number of nitrogens with two attached hydrogens (primary N) is 1. The first kappa shape index (κ1) is 43.6. The molecule has 13 heteroatoms. The van der Waals surface area contributed by atoms with Gasteiger partial charge < -0.3 is 25.8 Å². The monoisotopic (exact) mass is 755 g/mol. The number of hydrogen-bond acceptors (Lipinski definition) is 10. The van der Waals surface area contributed by atoms with Crippen LogP contribution in [0, 0.1) is 29.6 Å². The number of esters is 1. The molecule has 1 aromatic heterocycles. The first-order valence-corrected chi connectivity index (χ1v) is 19.8. The molecule has 0 aliphatic carbocycles. The van der Waals surface area contributed by atoms with E-state index in [-0.39, 0.29) is 60.6 Å². The summed E-state index contributed by atoms with van der Waals surface area (Å²) in [5, 5.41) is 14.5. The first-order chi connectivity index (χ1) is 24.9. The summed E-state index contributed by atoms with van der Waals surface area (Å²) >= 11 is 1.18. The second-order valence-electron chi connectivity index (χ2n) is 15.5. The summed E-state index contributed by atoms with van der Waals surface area (Å²) in [6, 6.07) is 6.15. The zero-order valence-corrected chi connectivity index (χ0v) is 33.8. The fraction of sp³-hybridized carbons (Fsp3) is 0.650. The Kier molecular flexibility index (Phi) is 16.4. The van der Waals surface area contributed by atoms with Gasteiger partial charge in [0, 0.05) is 55.9 Å². The van der Waals surface area contributed by atoms with Crippen molar-refractivity contribution >= 4 is 46.6 Å². The van der Waals surface area contributed by atoms with Crippen LogP contribution in [0.15, 0.2) is 29.6 Å². The van der Waals surface area contributed by atoms with Crippen LogP contribution in [0.2, 0.25) is 0 Å². The Morgan fingerprint density at radius 1 is 1.11 bits per heavy atom. The topological polar surface area (TPSA) is 172 Å². The second kappa shape index (κ2) is 20.0. The number of nitrogens with zero attached hydrogens (tertiary/aromatic N) is 3. The average molecular weight is 756 g/mol. The van der Waals surface area contributed by atoms with E-state index >= 15 is 0 Å². The van der Waals surface area contributed by atoms with Crippen molar-refractivity contribution in [3.8, 4) is 0 Å². The molecule has 294 valence electrons. The number of likely N-dealkylation sites (tertiary alicyclic amines) is 1. The van der Waals surface area contributed by atoms with Crippen molar-refractivity contribution in [1.82, 2.24) is 20.1 Å². The summed E-state index contributed by atoms with van der Waals surface area (Å²) in [5.74, 6) is -2.74. The Morgan fingerprint density at radius 3 is 2.36 bits per heavy atom. The zero-order valence-electron chi connectivity index (χ0n) is 33.0. The molecular weight excluding hydrogens is 695 g/mol. The van der Waals surface area contributed by atoms with E-state index in [9.17, 15) is 29.1 Å². The van der Waals surface area contributed by atoms with E-state index in [4.69, 9.17) is 10.5 Å². The second-order valence-corrected chi connectivity index (χ2v) is 16.4. The van der Waals surface area contributed by atoms with Crippen molar-refractivity contribution in [1.29, 1.82) is 0 Å². The third kappa shape index (κ3) is 12.6. The molecule has 1 aromatic carbocycles. The highest BCUT2D eigenvalue weighted by molar-refractivity contribution is 7.09. The van der Waals surface area contributed by atoms with Gasteiger partial charge in [-0.2, -0.15) is 0 Å². The lowest BCUT2D eigenvalue weighted by atomic mass is 9.81. The molecule has 1 aliphatic rings. The Balaban J connectivity index is 1.82. The van der Waals surface area contributed by atoms with E-state index in [1.54, 1.807) is 36.4 Å². The number of anilines is 1. The lowest BCUT2D eigenvalue weighted by Gasteiger charge is -2.38. The SMILES string of the molecule is CC[C@H](C)[C@H](CC(=O)[C@H]1C[C@H](C)CCN1C)C(=O)N(C)[C@H](C[C@@H](OC(C)=O)c1nc(C(=O)N[C@@H](Cc2ccc(N)cc2)C[C@H](C)C(=O)O)cs1)C(C)C. The molecule has 2 heterocycles. The van der Waals surface area contributed by atoms with Gasteiger partial charge in [-0.05, 0) is 74.7 Å². The Hall–Kier alpha value is -3.84. The number of aromatic nitrogens is 1. The van der Waals surface area contributed by atoms with Crippen LogP contribution in [-0.4, -0.2) is 88.2 Å². The molecular formula is C40H61N5O7S. The number of carboxylic acids is 1. The molecule has 0 radical (unpaired) electrons. The summed E-state index contributed by atoms with van der Waals surface area (Å²) in [6.45, 7) is 14.0.